The monoisotopic (exact) mass is 396 g/mol. The van der Waals surface area contributed by atoms with E-state index in [0.29, 0.717) is 15.2 Å². The molecule has 0 spiro atoms. The fourth-order valence-corrected chi connectivity index (χ4v) is 3.50. The maximum Gasteiger partial charge on any atom is 0.234 e. The van der Waals surface area contributed by atoms with Gasteiger partial charge < -0.3 is 10.6 Å². The highest BCUT2D eigenvalue weighted by atomic mass is 32.2. The molecular formula is C16H11F3N4OS2. The number of carbonyl (C=O) groups is 1. The van der Waals surface area contributed by atoms with Crippen LogP contribution in [0.15, 0.2) is 46.8 Å². The maximum atomic E-state index is 13.5. The fourth-order valence-electron chi connectivity index (χ4n) is 1.93. The zero-order valence-corrected chi connectivity index (χ0v) is 14.6. The molecule has 0 atom stereocenters. The van der Waals surface area contributed by atoms with E-state index in [0.717, 1.165) is 23.9 Å². The summed E-state index contributed by atoms with van der Waals surface area (Å²) < 4.78 is 40.6. The molecule has 0 fully saturated rings. The number of nitrogens with zero attached hydrogens (tertiary/aromatic N) is 2. The van der Waals surface area contributed by atoms with Gasteiger partial charge >= 0.3 is 0 Å². The van der Waals surface area contributed by atoms with Crippen molar-refractivity contribution in [2.24, 2.45) is 0 Å². The molecule has 5 nitrogen and oxygen atoms in total. The van der Waals surface area contributed by atoms with Crippen molar-refractivity contribution in [1.82, 2.24) is 10.2 Å². The average Bonchev–Trinajstić information content (AvgIpc) is 3.04. The first-order valence-corrected chi connectivity index (χ1v) is 9.04. The van der Waals surface area contributed by atoms with Crippen molar-refractivity contribution < 1.29 is 18.0 Å². The van der Waals surface area contributed by atoms with Crippen molar-refractivity contribution in [1.29, 1.82) is 0 Å². The number of hydrogen-bond donors (Lipinski definition) is 2. The first kappa shape index (κ1) is 18.2. The lowest BCUT2D eigenvalue weighted by molar-refractivity contribution is -0.113. The van der Waals surface area contributed by atoms with Crippen LogP contribution in [0.1, 0.15) is 0 Å². The van der Waals surface area contributed by atoms with Crippen LogP contribution in [0.4, 0.5) is 29.7 Å². The van der Waals surface area contributed by atoms with Gasteiger partial charge in [-0.1, -0.05) is 35.2 Å². The van der Waals surface area contributed by atoms with Crippen molar-refractivity contribution in [2.75, 3.05) is 16.4 Å². The van der Waals surface area contributed by atoms with Gasteiger partial charge in [0.15, 0.2) is 4.34 Å². The number of benzene rings is 2. The van der Waals surface area contributed by atoms with Crippen LogP contribution in [0, 0.1) is 17.5 Å². The fraction of sp³-hybridized carbons (Fsp3) is 0.0625. The second-order valence-corrected chi connectivity index (χ2v) is 7.14. The molecule has 2 N–H and O–H groups in total. The van der Waals surface area contributed by atoms with E-state index < -0.39 is 23.2 Å². The molecule has 3 rings (SSSR count). The quantitative estimate of drug-likeness (QED) is 0.604. The van der Waals surface area contributed by atoms with E-state index >= 15 is 0 Å². The summed E-state index contributed by atoms with van der Waals surface area (Å²) in [7, 11) is 0. The number of aromatic nitrogens is 2. The molecule has 10 heteroatoms. The van der Waals surface area contributed by atoms with Crippen LogP contribution in [0.3, 0.4) is 0 Å². The zero-order valence-electron chi connectivity index (χ0n) is 13.0. The molecule has 0 unspecified atom stereocenters. The van der Waals surface area contributed by atoms with Gasteiger partial charge in [0.05, 0.1) is 5.75 Å². The second kappa shape index (κ2) is 8.19. The number of nitrogens with one attached hydrogen (secondary N) is 2. The number of amides is 1. The van der Waals surface area contributed by atoms with Gasteiger partial charge in [0.1, 0.15) is 23.1 Å². The summed E-state index contributed by atoms with van der Waals surface area (Å²) in [6.45, 7) is 0. The lowest BCUT2D eigenvalue weighted by Crippen LogP contribution is -2.16. The number of halogens is 3. The molecule has 0 bridgehead atoms. The lowest BCUT2D eigenvalue weighted by Gasteiger charge is -2.06. The van der Waals surface area contributed by atoms with Gasteiger partial charge in [-0.2, -0.15) is 0 Å². The van der Waals surface area contributed by atoms with Crippen LogP contribution in [-0.2, 0) is 4.79 Å². The first-order chi connectivity index (χ1) is 12.5. The van der Waals surface area contributed by atoms with Crippen LogP contribution in [0.2, 0.25) is 0 Å². The highest BCUT2D eigenvalue weighted by molar-refractivity contribution is 8.01. The number of para-hydroxylation sites is 1. The van der Waals surface area contributed by atoms with Gasteiger partial charge in [0.2, 0.25) is 11.0 Å². The van der Waals surface area contributed by atoms with E-state index in [9.17, 15) is 18.0 Å². The lowest BCUT2D eigenvalue weighted by atomic mass is 10.3. The topological polar surface area (TPSA) is 66.9 Å². The molecule has 26 heavy (non-hydrogen) atoms. The van der Waals surface area contributed by atoms with Crippen molar-refractivity contribution in [3.05, 3.63) is 59.9 Å². The number of rotatable bonds is 6. The van der Waals surface area contributed by atoms with E-state index in [1.54, 1.807) is 12.1 Å². The smallest absolute Gasteiger partial charge is 0.234 e. The minimum Gasteiger partial charge on any atom is -0.330 e. The van der Waals surface area contributed by atoms with Crippen LogP contribution in [0.25, 0.3) is 0 Å². The molecule has 1 aromatic heterocycles. The summed E-state index contributed by atoms with van der Waals surface area (Å²) in [5.41, 5.74) is 0.0364. The van der Waals surface area contributed by atoms with Crippen LogP contribution in [-0.4, -0.2) is 21.9 Å². The highest BCUT2D eigenvalue weighted by Gasteiger charge is 2.13. The van der Waals surface area contributed by atoms with Crippen LogP contribution in [0.5, 0.6) is 0 Å². The van der Waals surface area contributed by atoms with E-state index in [-0.39, 0.29) is 11.6 Å². The summed E-state index contributed by atoms with van der Waals surface area (Å²) in [5, 5.41) is 13.3. The summed E-state index contributed by atoms with van der Waals surface area (Å²) in [4.78, 5) is 11.9. The maximum absolute atomic E-state index is 13.5. The predicted octanol–water partition coefficient (Wildman–Crippen LogP) is 4.43. The standard InChI is InChI=1S/C16H11F3N4OS2/c17-9-3-1-4-10(7-9)20-15-22-23-16(26-15)25-8-13(24)21-14-11(18)5-2-6-12(14)19/h1-7H,8H2,(H,20,22)(H,21,24). The van der Waals surface area contributed by atoms with Crippen molar-refractivity contribution in [3.8, 4) is 0 Å². The second-order valence-electron chi connectivity index (χ2n) is 4.94. The third-order valence-electron chi connectivity index (χ3n) is 3.04. The summed E-state index contributed by atoms with van der Waals surface area (Å²) in [6, 6.07) is 9.19. The molecule has 0 aliphatic heterocycles. The molecule has 1 heterocycles. The van der Waals surface area contributed by atoms with Gasteiger partial charge in [0, 0.05) is 5.69 Å². The molecule has 134 valence electrons. The molecule has 0 aliphatic carbocycles. The average molecular weight is 396 g/mol. The van der Waals surface area contributed by atoms with Crippen LogP contribution >= 0.6 is 23.1 Å². The summed E-state index contributed by atoms with van der Waals surface area (Å²) in [5.74, 6) is -2.75. The molecule has 2 aromatic carbocycles. The molecule has 3 aromatic rings. The molecule has 0 aliphatic rings. The number of hydrogen-bond acceptors (Lipinski definition) is 6. The van der Waals surface area contributed by atoms with E-state index in [1.807, 2.05) is 0 Å². The normalized spacial score (nSPS) is 10.6. The van der Waals surface area contributed by atoms with Gasteiger partial charge in [-0.25, -0.2) is 13.2 Å². The van der Waals surface area contributed by atoms with E-state index in [4.69, 9.17) is 0 Å². The Kier molecular flexibility index (Phi) is 5.74. The SMILES string of the molecule is O=C(CSc1nnc(Nc2cccc(F)c2)s1)Nc1c(F)cccc1F. The van der Waals surface area contributed by atoms with Crippen molar-refractivity contribution in [2.45, 2.75) is 4.34 Å². The number of carbonyl (C=O) groups excluding carboxylic acids is 1. The minimum absolute atomic E-state index is 0.0949. The molecule has 0 radical (unpaired) electrons. The predicted molar refractivity (Wildman–Crippen MR) is 95.3 cm³/mol. The Morgan fingerprint density at radius 3 is 2.54 bits per heavy atom. The summed E-state index contributed by atoms with van der Waals surface area (Å²) >= 11 is 2.24. The Morgan fingerprint density at radius 2 is 1.81 bits per heavy atom. The van der Waals surface area contributed by atoms with Gasteiger partial charge in [-0.3, -0.25) is 4.79 Å². The Bertz CT molecular complexity index is 915. The van der Waals surface area contributed by atoms with E-state index in [1.165, 1.54) is 29.5 Å². The van der Waals surface area contributed by atoms with Gasteiger partial charge in [0.25, 0.3) is 0 Å². The Balaban J connectivity index is 1.55. The van der Waals surface area contributed by atoms with Crippen LogP contribution < -0.4 is 10.6 Å². The van der Waals surface area contributed by atoms with E-state index in [2.05, 4.69) is 20.8 Å². The third kappa shape index (κ3) is 4.73. The molecule has 0 saturated carbocycles. The number of thioether (sulfide) groups is 1. The van der Waals surface area contributed by atoms with Gasteiger partial charge in [-0.05, 0) is 30.3 Å². The molecule has 1 amide bonds. The minimum atomic E-state index is -0.846. The zero-order chi connectivity index (χ0) is 18.5. The Hall–Kier alpha value is -2.59. The Morgan fingerprint density at radius 1 is 1.08 bits per heavy atom. The highest BCUT2D eigenvalue weighted by Crippen LogP contribution is 2.28. The first-order valence-electron chi connectivity index (χ1n) is 7.24. The van der Waals surface area contributed by atoms with Crippen molar-refractivity contribution >= 4 is 45.5 Å². The van der Waals surface area contributed by atoms with Gasteiger partial charge in [-0.15, -0.1) is 10.2 Å². The largest absolute Gasteiger partial charge is 0.330 e. The Labute approximate surface area is 154 Å². The molecule has 0 saturated heterocycles. The molecular weight excluding hydrogens is 385 g/mol. The summed E-state index contributed by atoms with van der Waals surface area (Å²) in [6.07, 6.45) is 0. The van der Waals surface area contributed by atoms with Crippen molar-refractivity contribution in [3.63, 3.8) is 0 Å². The third-order valence-corrected chi connectivity index (χ3v) is 5.01. The number of anilines is 3.